The normalized spacial score (nSPS) is 10.7. The van der Waals surface area contributed by atoms with Gasteiger partial charge in [0.1, 0.15) is 12.0 Å². The van der Waals surface area contributed by atoms with Crippen LogP contribution in [0.3, 0.4) is 0 Å². The Morgan fingerprint density at radius 1 is 1.14 bits per heavy atom. The number of amides is 1. The van der Waals surface area contributed by atoms with Gasteiger partial charge in [0, 0.05) is 36.5 Å². The second kappa shape index (κ2) is 8.43. The number of hydrogen-bond acceptors (Lipinski definition) is 5. The predicted octanol–water partition coefficient (Wildman–Crippen LogP) is 3.51. The maximum Gasteiger partial charge on any atom is 0.251 e. The number of nitrogens with zero attached hydrogens (tertiary/aromatic N) is 3. The molecule has 0 aliphatic carbocycles. The van der Waals surface area contributed by atoms with Gasteiger partial charge in [0.2, 0.25) is 5.89 Å². The third-order valence-electron chi connectivity index (χ3n) is 4.45. The van der Waals surface area contributed by atoms with E-state index in [0.29, 0.717) is 24.4 Å². The zero-order valence-electron chi connectivity index (χ0n) is 15.9. The van der Waals surface area contributed by atoms with E-state index in [9.17, 15) is 4.79 Å². The smallest absolute Gasteiger partial charge is 0.251 e. The van der Waals surface area contributed by atoms with Crippen molar-refractivity contribution in [1.82, 2.24) is 20.1 Å². The average Bonchev–Trinajstić information content (AvgIpc) is 3.46. The lowest BCUT2D eigenvalue weighted by Gasteiger charge is -2.05. The molecule has 29 heavy (non-hydrogen) atoms. The van der Waals surface area contributed by atoms with Crippen LogP contribution in [0.2, 0.25) is 0 Å². The molecule has 1 amide bonds. The number of hydrogen-bond donors (Lipinski definition) is 1. The first-order valence-corrected chi connectivity index (χ1v) is 9.20. The van der Waals surface area contributed by atoms with Crippen molar-refractivity contribution < 1.29 is 13.9 Å². The van der Waals surface area contributed by atoms with Gasteiger partial charge in [-0.1, -0.05) is 0 Å². The number of carbonyl (C=O) groups is 1. The molecule has 146 valence electrons. The molecule has 2 aromatic heterocycles. The number of nitrogens with one attached hydrogen (secondary N) is 1. The van der Waals surface area contributed by atoms with Gasteiger partial charge < -0.3 is 14.5 Å². The van der Waals surface area contributed by atoms with Crippen LogP contribution in [0, 0.1) is 0 Å². The monoisotopic (exact) mass is 388 g/mol. The Kier molecular flexibility index (Phi) is 5.38. The highest BCUT2D eigenvalue weighted by Gasteiger charge is 2.09. The van der Waals surface area contributed by atoms with Gasteiger partial charge in [-0.2, -0.15) is 5.10 Å². The molecule has 4 rings (SSSR count). The fourth-order valence-electron chi connectivity index (χ4n) is 2.88. The van der Waals surface area contributed by atoms with Crippen LogP contribution in [0.15, 0.2) is 77.7 Å². The van der Waals surface area contributed by atoms with Crippen molar-refractivity contribution in [3.05, 3.63) is 84.5 Å². The molecule has 0 atom stereocenters. The maximum absolute atomic E-state index is 12.3. The summed E-state index contributed by atoms with van der Waals surface area (Å²) in [5.74, 6) is 1.19. The molecule has 7 heteroatoms. The molecule has 0 unspecified atom stereocenters. The SMILES string of the molecule is COc1ccc(-c2nc(CCNC(=O)c3ccc(-n4cccn4)cc3)co2)cc1. The van der Waals surface area contributed by atoms with E-state index in [1.807, 2.05) is 48.7 Å². The maximum atomic E-state index is 12.3. The lowest BCUT2D eigenvalue weighted by Crippen LogP contribution is -2.25. The Hall–Kier alpha value is -3.87. The van der Waals surface area contributed by atoms with Gasteiger partial charge in [-0.3, -0.25) is 4.79 Å². The summed E-state index contributed by atoms with van der Waals surface area (Å²) >= 11 is 0. The molecule has 0 aliphatic heterocycles. The molecule has 0 spiro atoms. The Morgan fingerprint density at radius 2 is 1.93 bits per heavy atom. The van der Waals surface area contributed by atoms with Crippen molar-refractivity contribution in [3.63, 3.8) is 0 Å². The van der Waals surface area contributed by atoms with E-state index in [1.54, 1.807) is 36.4 Å². The van der Waals surface area contributed by atoms with Crippen molar-refractivity contribution in [2.45, 2.75) is 6.42 Å². The summed E-state index contributed by atoms with van der Waals surface area (Å²) in [6.45, 7) is 0.467. The Bertz CT molecular complexity index is 1070. The molecule has 0 radical (unpaired) electrons. The zero-order chi connectivity index (χ0) is 20.1. The van der Waals surface area contributed by atoms with Crippen LogP contribution in [0.25, 0.3) is 17.1 Å². The summed E-state index contributed by atoms with van der Waals surface area (Å²) in [4.78, 5) is 16.8. The fourth-order valence-corrected chi connectivity index (χ4v) is 2.88. The summed E-state index contributed by atoms with van der Waals surface area (Å²) < 4.78 is 12.4. The highest BCUT2D eigenvalue weighted by atomic mass is 16.5. The van der Waals surface area contributed by atoms with Gasteiger partial charge in [-0.25, -0.2) is 9.67 Å². The molecule has 0 aliphatic rings. The molecular weight excluding hydrogens is 368 g/mol. The first kappa shape index (κ1) is 18.5. The summed E-state index contributed by atoms with van der Waals surface area (Å²) in [5, 5.41) is 7.08. The standard InChI is InChI=1S/C22H20N4O3/c1-28-20-9-5-17(6-10-20)22-25-18(15-29-22)11-13-23-21(27)16-3-7-19(8-4-16)26-14-2-12-24-26/h2-10,12,14-15H,11,13H2,1H3,(H,23,27). The molecule has 2 heterocycles. The van der Waals surface area contributed by atoms with Gasteiger partial charge in [0.25, 0.3) is 5.91 Å². The molecule has 0 saturated heterocycles. The number of benzene rings is 2. The Morgan fingerprint density at radius 3 is 2.62 bits per heavy atom. The van der Waals surface area contributed by atoms with Crippen molar-refractivity contribution in [1.29, 1.82) is 0 Å². The van der Waals surface area contributed by atoms with Crippen molar-refractivity contribution in [3.8, 4) is 22.9 Å². The third-order valence-corrected chi connectivity index (χ3v) is 4.45. The summed E-state index contributed by atoms with van der Waals surface area (Å²) in [6, 6.07) is 16.6. The summed E-state index contributed by atoms with van der Waals surface area (Å²) in [7, 11) is 1.63. The van der Waals surface area contributed by atoms with E-state index < -0.39 is 0 Å². The van der Waals surface area contributed by atoms with Crippen LogP contribution in [-0.4, -0.2) is 34.3 Å². The van der Waals surface area contributed by atoms with Gasteiger partial charge in [0.15, 0.2) is 0 Å². The lowest BCUT2D eigenvalue weighted by molar-refractivity contribution is 0.0954. The highest BCUT2D eigenvalue weighted by molar-refractivity contribution is 5.94. The van der Waals surface area contributed by atoms with Crippen molar-refractivity contribution in [2.24, 2.45) is 0 Å². The van der Waals surface area contributed by atoms with Crippen LogP contribution in [0.5, 0.6) is 5.75 Å². The van der Waals surface area contributed by atoms with E-state index in [1.165, 1.54) is 0 Å². The van der Waals surface area contributed by atoms with Crippen molar-refractivity contribution >= 4 is 5.91 Å². The van der Waals surface area contributed by atoms with Crippen molar-refractivity contribution in [2.75, 3.05) is 13.7 Å². The zero-order valence-corrected chi connectivity index (χ0v) is 15.9. The van der Waals surface area contributed by atoms with Crippen LogP contribution in [-0.2, 0) is 6.42 Å². The predicted molar refractivity (Wildman–Crippen MR) is 108 cm³/mol. The summed E-state index contributed by atoms with van der Waals surface area (Å²) in [6.07, 6.45) is 5.76. The molecule has 1 N–H and O–H groups in total. The van der Waals surface area contributed by atoms with E-state index in [0.717, 1.165) is 22.7 Å². The highest BCUT2D eigenvalue weighted by Crippen LogP contribution is 2.21. The first-order chi connectivity index (χ1) is 14.2. The Balaban J connectivity index is 1.30. The first-order valence-electron chi connectivity index (χ1n) is 9.20. The largest absolute Gasteiger partial charge is 0.497 e. The van der Waals surface area contributed by atoms with Crippen LogP contribution >= 0.6 is 0 Å². The van der Waals surface area contributed by atoms with E-state index in [2.05, 4.69) is 15.4 Å². The quantitative estimate of drug-likeness (QED) is 0.524. The van der Waals surface area contributed by atoms with Gasteiger partial charge in [-0.05, 0) is 54.6 Å². The molecule has 0 bridgehead atoms. The van der Waals surface area contributed by atoms with Crippen LogP contribution < -0.4 is 10.1 Å². The van der Waals surface area contributed by atoms with Gasteiger partial charge in [-0.15, -0.1) is 0 Å². The number of oxazole rings is 1. The topological polar surface area (TPSA) is 82.2 Å². The van der Waals surface area contributed by atoms with E-state index >= 15 is 0 Å². The fraction of sp³-hybridized carbons (Fsp3) is 0.136. The minimum Gasteiger partial charge on any atom is -0.497 e. The minimum atomic E-state index is -0.129. The molecule has 4 aromatic rings. The van der Waals surface area contributed by atoms with Gasteiger partial charge in [0.05, 0.1) is 18.5 Å². The molecular formula is C22H20N4O3. The number of aromatic nitrogens is 3. The number of methoxy groups -OCH3 is 1. The van der Waals surface area contributed by atoms with Gasteiger partial charge >= 0.3 is 0 Å². The number of carbonyl (C=O) groups excluding carboxylic acids is 1. The average molecular weight is 388 g/mol. The minimum absolute atomic E-state index is 0.129. The second-order valence-electron chi connectivity index (χ2n) is 6.38. The second-order valence-corrected chi connectivity index (χ2v) is 6.38. The number of ether oxygens (including phenoxy) is 1. The molecule has 0 saturated carbocycles. The molecule has 7 nitrogen and oxygen atoms in total. The Labute approximate surface area is 168 Å². The van der Waals surface area contributed by atoms with E-state index in [4.69, 9.17) is 9.15 Å². The van der Waals surface area contributed by atoms with E-state index in [-0.39, 0.29) is 5.91 Å². The third kappa shape index (κ3) is 4.35. The summed E-state index contributed by atoms with van der Waals surface area (Å²) in [5.41, 5.74) is 3.16. The lowest BCUT2D eigenvalue weighted by atomic mass is 10.2. The molecule has 0 fully saturated rings. The van der Waals surface area contributed by atoms with Crippen LogP contribution in [0.4, 0.5) is 0 Å². The van der Waals surface area contributed by atoms with Crippen LogP contribution in [0.1, 0.15) is 16.1 Å². The molecule has 2 aromatic carbocycles. The number of rotatable bonds is 7.